The highest BCUT2D eigenvalue weighted by Gasteiger charge is 2.36. The molecule has 2 heterocycles. The molecule has 1 aromatic rings. The third-order valence-corrected chi connectivity index (χ3v) is 4.53. The van der Waals surface area contributed by atoms with Crippen LogP contribution in [0.2, 0.25) is 0 Å². The molecular weight excluding hydrogens is 236 g/mol. The van der Waals surface area contributed by atoms with Crippen LogP contribution in [0.25, 0.3) is 0 Å². The standard InChI is InChI=1S/C12H18N2O2S/c1-7-4-5-14(11(7)12(15)16)6-10-13-8(2)9(3)17-10/h7,11H,4-6H2,1-3H3,(H,15,16). The summed E-state index contributed by atoms with van der Waals surface area (Å²) >= 11 is 1.67. The van der Waals surface area contributed by atoms with Gasteiger partial charge in [0.1, 0.15) is 11.0 Å². The molecule has 2 atom stereocenters. The van der Waals surface area contributed by atoms with Crippen molar-refractivity contribution in [2.24, 2.45) is 5.92 Å². The van der Waals surface area contributed by atoms with Gasteiger partial charge >= 0.3 is 5.97 Å². The Kier molecular flexibility index (Phi) is 3.49. The van der Waals surface area contributed by atoms with Crippen LogP contribution in [0.3, 0.4) is 0 Å². The molecule has 4 nitrogen and oxygen atoms in total. The van der Waals surface area contributed by atoms with Crippen molar-refractivity contribution in [2.75, 3.05) is 6.54 Å². The van der Waals surface area contributed by atoms with Crippen LogP contribution in [-0.4, -0.2) is 33.5 Å². The lowest BCUT2D eigenvalue weighted by Crippen LogP contribution is -2.38. The smallest absolute Gasteiger partial charge is 0.321 e. The third kappa shape index (κ3) is 2.50. The fraction of sp³-hybridized carbons (Fsp3) is 0.667. The number of carboxylic acid groups (broad SMARTS) is 1. The third-order valence-electron chi connectivity index (χ3n) is 3.47. The Labute approximate surface area is 105 Å². The Bertz CT molecular complexity index is 411. The second-order valence-corrected chi connectivity index (χ2v) is 6.06. The molecule has 1 saturated heterocycles. The Morgan fingerprint density at radius 3 is 2.82 bits per heavy atom. The molecule has 0 saturated carbocycles. The summed E-state index contributed by atoms with van der Waals surface area (Å²) in [6, 6.07) is -0.348. The summed E-state index contributed by atoms with van der Waals surface area (Å²) in [7, 11) is 0. The number of carbonyl (C=O) groups is 1. The number of likely N-dealkylation sites (tertiary alicyclic amines) is 1. The van der Waals surface area contributed by atoms with Gasteiger partial charge in [-0.25, -0.2) is 4.98 Å². The number of aromatic nitrogens is 1. The molecular formula is C12H18N2O2S. The van der Waals surface area contributed by atoms with Crippen molar-refractivity contribution >= 4 is 17.3 Å². The van der Waals surface area contributed by atoms with Crippen molar-refractivity contribution in [2.45, 2.75) is 39.8 Å². The first-order chi connectivity index (χ1) is 7.99. The molecule has 94 valence electrons. The van der Waals surface area contributed by atoms with Crippen LogP contribution >= 0.6 is 11.3 Å². The average molecular weight is 254 g/mol. The van der Waals surface area contributed by atoms with Gasteiger partial charge in [-0.05, 0) is 32.7 Å². The van der Waals surface area contributed by atoms with Gasteiger partial charge in [-0.2, -0.15) is 0 Å². The fourth-order valence-electron chi connectivity index (χ4n) is 2.38. The lowest BCUT2D eigenvalue weighted by atomic mass is 10.0. The van der Waals surface area contributed by atoms with E-state index >= 15 is 0 Å². The summed E-state index contributed by atoms with van der Waals surface area (Å²) in [5.74, 6) is -0.477. The number of rotatable bonds is 3. The summed E-state index contributed by atoms with van der Waals surface area (Å²) in [6.07, 6.45) is 0.959. The lowest BCUT2D eigenvalue weighted by Gasteiger charge is -2.21. The zero-order valence-electron chi connectivity index (χ0n) is 10.4. The van der Waals surface area contributed by atoms with Gasteiger partial charge < -0.3 is 5.11 Å². The predicted octanol–water partition coefficient (Wildman–Crippen LogP) is 2.05. The van der Waals surface area contributed by atoms with Crippen molar-refractivity contribution in [1.29, 1.82) is 0 Å². The van der Waals surface area contributed by atoms with Gasteiger partial charge in [0, 0.05) is 4.88 Å². The highest BCUT2D eigenvalue weighted by molar-refractivity contribution is 7.11. The topological polar surface area (TPSA) is 53.4 Å². The molecule has 1 N–H and O–H groups in total. The van der Waals surface area contributed by atoms with Gasteiger partial charge in [0.25, 0.3) is 0 Å². The van der Waals surface area contributed by atoms with E-state index in [2.05, 4.69) is 11.9 Å². The van der Waals surface area contributed by atoms with Gasteiger partial charge in [-0.15, -0.1) is 11.3 Å². The molecule has 2 rings (SSSR count). The molecule has 0 spiro atoms. The number of carboxylic acids is 1. The molecule has 0 aromatic carbocycles. The molecule has 2 unspecified atom stereocenters. The van der Waals surface area contributed by atoms with Crippen molar-refractivity contribution in [3.8, 4) is 0 Å². The molecule has 1 aliphatic heterocycles. The minimum atomic E-state index is -0.708. The average Bonchev–Trinajstić information content (AvgIpc) is 2.72. The van der Waals surface area contributed by atoms with Crippen LogP contribution in [0.4, 0.5) is 0 Å². The Morgan fingerprint density at radius 2 is 2.29 bits per heavy atom. The Balaban J connectivity index is 2.10. The number of nitrogens with zero attached hydrogens (tertiary/aromatic N) is 2. The first kappa shape index (κ1) is 12.5. The van der Waals surface area contributed by atoms with Crippen molar-refractivity contribution in [3.05, 3.63) is 15.6 Å². The van der Waals surface area contributed by atoms with E-state index in [4.69, 9.17) is 0 Å². The molecule has 1 fully saturated rings. The first-order valence-electron chi connectivity index (χ1n) is 5.89. The van der Waals surface area contributed by atoms with Crippen LogP contribution in [0.15, 0.2) is 0 Å². The van der Waals surface area contributed by atoms with Crippen LogP contribution in [0.5, 0.6) is 0 Å². The van der Waals surface area contributed by atoms with Crippen LogP contribution < -0.4 is 0 Å². The van der Waals surface area contributed by atoms with Crippen molar-refractivity contribution in [3.63, 3.8) is 0 Å². The molecule has 5 heteroatoms. The number of hydrogen-bond donors (Lipinski definition) is 1. The zero-order valence-corrected chi connectivity index (χ0v) is 11.3. The maximum Gasteiger partial charge on any atom is 0.321 e. The highest BCUT2D eigenvalue weighted by Crippen LogP contribution is 2.27. The van der Waals surface area contributed by atoms with E-state index in [9.17, 15) is 9.90 Å². The summed E-state index contributed by atoms with van der Waals surface area (Å²) in [5.41, 5.74) is 1.06. The van der Waals surface area contributed by atoms with E-state index in [-0.39, 0.29) is 12.0 Å². The molecule has 0 aliphatic carbocycles. The molecule has 0 amide bonds. The van der Waals surface area contributed by atoms with Crippen molar-refractivity contribution < 1.29 is 9.90 Å². The predicted molar refractivity (Wildman–Crippen MR) is 67.2 cm³/mol. The maximum absolute atomic E-state index is 11.2. The Hall–Kier alpha value is -0.940. The minimum absolute atomic E-state index is 0.231. The van der Waals surface area contributed by atoms with Gasteiger partial charge in [-0.1, -0.05) is 6.92 Å². The number of aliphatic carboxylic acids is 1. The second kappa shape index (κ2) is 4.74. The first-order valence-corrected chi connectivity index (χ1v) is 6.70. The molecule has 17 heavy (non-hydrogen) atoms. The van der Waals surface area contributed by atoms with E-state index in [0.717, 1.165) is 23.7 Å². The van der Waals surface area contributed by atoms with Crippen LogP contribution in [0.1, 0.15) is 28.9 Å². The van der Waals surface area contributed by atoms with Gasteiger partial charge in [0.05, 0.1) is 12.2 Å². The van der Waals surface area contributed by atoms with Crippen molar-refractivity contribution in [1.82, 2.24) is 9.88 Å². The van der Waals surface area contributed by atoms with Gasteiger partial charge in [-0.3, -0.25) is 9.69 Å². The number of aryl methyl sites for hydroxylation is 2. The molecule has 0 radical (unpaired) electrons. The Morgan fingerprint density at radius 1 is 1.59 bits per heavy atom. The van der Waals surface area contributed by atoms with E-state index in [1.54, 1.807) is 11.3 Å². The quantitative estimate of drug-likeness (QED) is 0.897. The molecule has 1 aromatic heterocycles. The summed E-state index contributed by atoms with van der Waals surface area (Å²) in [6.45, 7) is 7.59. The molecule has 0 bridgehead atoms. The van der Waals surface area contributed by atoms with E-state index in [1.807, 2.05) is 18.7 Å². The second-order valence-electron chi connectivity index (χ2n) is 4.77. The van der Waals surface area contributed by atoms with E-state index in [1.165, 1.54) is 4.88 Å². The molecule has 1 aliphatic rings. The van der Waals surface area contributed by atoms with Gasteiger partial charge in [0.2, 0.25) is 0 Å². The summed E-state index contributed by atoms with van der Waals surface area (Å²) in [5, 5.41) is 10.3. The SMILES string of the molecule is Cc1nc(CN2CCC(C)C2C(=O)O)sc1C. The fourth-order valence-corrected chi connectivity index (χ4v) is 3.34. The normalized spacial score (nSPS) is 25.4. The monoisotopic (exact) mass is 254 g/mol. The maximum atomic E-state index is 11.2. The van der Waals surface area contributed by atoms with Crippen LogP contribution in [-0.2, 0) is 11.3 Å². The summed E-state index contributed by atoms with van der Waals surface area (Å²) < 4.78 is 0. The number of hydrogen-bond acceptors (Lipinski definition) is 4. The highest BCUT2D eigenvalue weighted by atomic mass is 32.1. The van der Waals surface area contributed by atoms with E-state index in [0.29, 0.717) is 6.54 Å². The zero-order chi connectivity index (χ0) is 12.6. The largest absolute Gasteiger partial charge is 0.480 e. The van der Waals surface area contributed by atoms with Crippen LogP contribution in [0, 0.1) is 19.8 Å². The lowest BCUT2D eigenvalue weighted by molar-refractivity contribution is -0.143. The van der Waals surface area contributed by atoms with E-state index < -0.39 is 5.97 Å². The number of thiazole rings is 1. The minimum Gasteiger partial charge on any atom is -0.480 e. The summed E-state index contributed by atoms with van der Waals surface area (Å²) in [4.78, 5) is 19.0. The van der Waals surface area contributed by atoms with Gasteiger partial charge in [0.15, 0.2) is 0 Å².